The molecule has 0 bridgehead atoms. The average Bonchev–Trinajstić information content (AvgIpc) is 1.99. The van der Waals surface area contributed by atoms with Crippen molar-refractivity contribution in [3.05, 3.63) is 12.2 Å². The second-order valence-electron chi connectivity index (χ2n) is 3.84. The maximum Gasteiger partial charge on any atom is -0.0237 e. The minimum absolute atomic E-state index is 0.712. The second-order valence-corrected chi connectivity index (χ2v) is 3.84. The van der Waals surface area contributed by atoms with Crippen molar-refractivity contribution in [1.29, 1.82) is 0 Å². The van der Waals surface area contributed by atoms with Crippen LogP contribution in [0.5, 0.6) is 0 Å². The van der Waals surface area contributed by atoms with Gasteiger partial charge in [-0.1, -0.05) is 45.8 Å². The number of rotatable bonds is 5. The number of hydrogen-bond donors (Lipinski definition) is 0. The molecule has 0 spiro atoms. The third kappa shape index (κ3) is 5.06. The molecule has 0 saturated carbocycles. The highest BCUT2D eigenvalue weighted by Gasteiger charge is 2.04. The van der Waals surface area contributed by atoms with Crippen LogP contribution < -0.4 is 0 Å². The quantitative estimate of drug-likeness (QED) is 0.524. The fraction of sp³-hybridized carbons (Fsp3) is 0.818. The molecule has 0 aliphatic rings. The van der Waals surface area contributed by atoms with Gasteiger partial charge in [0.25, 0.3) is 0 Å². The van der Waals surface area contributed by atoms with Gasteiger partial charge in [-0.15, -0.1) is 0 Å². The molecule has 0 amide bonds. The summed E-state index contributed by atoms with van der Waals surface area (Å²) in [4.78, 5) is 0. The van der Waals surface area contributed by atoms with E-state index in [0.29, 0.717) is 5.92 Å². The largest absolute Gasteiger partial charge is 0.0999 e. The standard InChI is InChI=1S/C11H22/c1-6-10(4)7-8-11(5)9(2)3/h10-11H,2,6-8H2,1,3-5H3/t10-,11-/m1/s1. The van der Waals surface area contributed by atoms with Gasteiger partial charge in [-0.2, -0.15) is 0 Å². The molecule has 0 fully saturated rings. The van der Waals surface area contributed by atoms with E-state index < -0.39 is 0 Å². The first-order valence-electron chi connectivity index (χ1n) is 4.73. The predicted octanol–water partition coefficient (Wildman–Crippen LogP) is 4.02. The van der Waals surface area contributed by atoms with Gasteiger partial charge in [0.15, 0.2) is 0 Å². The van der Waals surface area contributed by atoms with Crippen LogP contribution in [-0.4, -0.2) is 0 Å². The van der Waals surface area contributed by atoms with E-state index in [1.165, 1.54) is 24.8 Å². The zero-order chi connectivity index (χ0) is 8.85. The molecular formula is C11H22. The van der Waals surface area contributed by atoms with E-state index in [0.717, 1.165) is 5.92 Å². The van der Waals surface area contributed by atoms with E-state index in [-0.39, 0.29) is 0 Å². The van der Waals surface area contributed by atoms with Crippen LogP contribution in [0.15, 0.2) is 12.2 Å². The Morgan fingerprint density at radius 3 is 2.18 bits per heavy atom. The highest BCUT2D eigenvalue weighted by Crippen LogP contribution is 2.18. The average molecular weight is 154 g/mol. The summed E-state index contributed by atoms with van der Waals surface area (Å²) in [5, 5.41) is 0. The third-order valence-corrected chi connectivity index (χ3v) is 2.63. The SMILES string of the molecule is C=C(C)[C@H](C)CC[C@H](C)CC. The molecule has 0 heteroatoms. The number of hydrogen-bond acceptors (Lipinski definition) is 0. The fourth-order valence-corrected chi connectivity index (χ4v) is 0.985. The first-order valence-corrected chi connectivity index (χ1v) is 4.73. The Labute approximate surface area is 71.7 Å². The molecule has 0 heterocycles. The maximum atomic E-state index is 3.96. The second kappa shape index (κ2) is 5.40. The molecule has 0 aromatic rings. The lowest BCUT2D eigenvalue weighted by Crippen LogP contribution is -1.99. The molecule has 0 aromatic heterocycles. The molecule has 0 nitrogen and oxygen atoms in total. The van der Waals surface area contributed by atoms with Crippen LogP contribution in [-0.2, 0) is 0 Å². The van der Waals surface area contributed by atoms with Gasteiger partial charge >= 0.3 is 0 Å². The molecule has 0 saturated heterocycles. The minimum Gasteiger partial charge on any atom is -0.0999 e. The van der Waals surface area contributed by atoms with E-state index in [9.17, 15) is 0 Å². The molecule has 66 valence electrons. The molecule has 0 unspecified atom stereocenters. The van der Waals surface area contributed by atoms with Crippen molar-refractivity contribution in [3.63, 3.8) is 0 Å². The Balaban J connectivity index is 3.45. The predicted molar refractivity (Wildman–Crippen MR) is 52.7 cm³/mol. The van der Waals surface area contributed by atoms with Crippen molar-refractivity contribution in [2.75, 3.05) is 0 Å². The summed E-state index contributed by atoms with van der Waals surface area (Å²) in [7, 11) is 0. The van der Waals surface area contributed by atoms with Crippen LogP contribution in [0, 0.1) is 11.8 Å². The summed E-state index contributed by atoms with van der Waals surface area (Å²) in [6.45, 7) is 12.9. The van der Waals surface area contributed by atoms with Gasteiger partial charge in [-0.3, -0.25) is 0 Å². The first-order chi connectivity index (χ1) is 5.07. The van der Waals surface area contributed by atoms with Crippen molar-refractivity contribution in [2.24, 2.45) is 11.8 Å². The normalized spacial score (nSPS) is 16.0. The van der Waals surface area contributed by atoms with Gasteiger partial charge in [0.1, 0.15) is 0 Å². The Bertz CT molecular complexity index is 113. The Kier molecular flexibility index (Phi) is 5.27. The molecular weight excluding hydrogens is 132 g/mol. The lowest BCUT2D eigenvalue weighted by atomic mass is 9.93. The van der Waals surface area contributed by atoms with Gasteiger partial charge in [-0.25, -0.2) is 0 Å². The van der Waals surface area contributed by atoms with E-state index >= 15 is 0 Å². The van der Waals surface area contributed by atoms with E-state index in [1.807, 2.05) is 0 Å². The molecule has 0 N–H and O–H groups in total. The first kappa shape index (κ1) is 10.7. The molecule has 0 radical (unpaired) electrons. The van der Waals surface area contributed by atoms with E-state index in [1.54, 1.807) is 0 Å². The molecule has 0 aromatic carbocycles. The highest BCUT2D eigenvalue weighted by atomic mass is 14.1. The molecule has 11 heavy (non-hydrogen) atoms. The van der Waals surface area contributed by atoms with Crippen LogP contribution in [0.1, 0.15) is 47.0 Å². The van der Waals surface area contributed by atoms with Gasteiger partial charge in [0.05, 0.1) is 0 Å². The fourth-order valence-electron chi connectivity index (χ4n) is 0.985. The van der Waals surface area contributed by atoms with Crippen LogP contribution in [0.3, 0.4) is 0 Å². The third-order valence-electron chi connectivity index (χ3n) is 2.63. The van der Waals surface area contributed by atoms with Crippen LogP contribution >= 0.6 is 0 Å². The summed E-state index contributed by atoms with van der Waals surface area (Å²) < 4.78 is 0. The van der Waals surface area contributed by atoms with E-state index in [2.05, 4.69) is 34.3 Å². The van der Waals surface area contributed by atoms with Crippen molar-refractivity contribution in [3.8, 4) is 0 Å². The van der Waals surface area contributed by atoms with Crippen LogP contribution in [0.2, 0.25) is 0 Å². The van der Waals surface area contributed by atoms with Gasteiger partial charge < -0.3 is 0 Å². The van der Waals surface area contributed by atoms with Crippen LogP contribution in [0.4, 0.5) is 0 Å². The smallest absolute Gasteiger partial charge is 0.0237 e. The Hall–Kier alpha value is -0.260. The minimum atomic E-state index is 0.712. The lowest BCUT2D eigenvalue weighted by molar-refractivity contribution is 0.451. The molecule has 0 aliphatic carbocycles. The molecule has 0 aliphatic heterocycles. The summed E-state index contributed by atoms with van der Waals surface area (Å²) in [6.07, 6.45) is 3.97. The Morgan fingerprint density at radius 1 is 1.27 bits per heavy atom. The molecule has 0 rings (SSSR count). The maximum absolute atomic E-state index is 3.96. The van der Waals surface area contributed by atoms with Crippen molar-refractivity contribution >= 4 is 0 Å². The van der Waals surface area contributed by atoms with Crippen molar-refractivity contribution in [2.45, 2.75) is 47.0 Å². The van der Waals surface area contributed by atoms with Crippen molar-refractivity contribution in [1.82, 2.24) is 0 Å². The van der Waals surface area contributed by atoms with Crippen molar-refractivity contribution < 1.29 is 0 Å². The zero-order valence-electron chi connectivity index (χ0n) is 8.48. The zero-order valence-corrected chi connectivity index (χ0v) is 8.48. The topological polar surface area (TPSA) is 0 Å². The summed E-state index contributed by atoms with van der Waals surface area (Å²) in [5.74, 6) is 1.60. The summed E-state index contributed by atoms with van der Waals surface area (Å²) in [6, 6.07) is 0. The highest BCUT2D eigenvalue weighted by molar-refractivity contribution is 4.93. The van der Waals surface area contributed by atoms with Gasteiger partial charge in [0.2, 0.25) is 0 Å². The van der Waals surface area contributed by atoms with Gasteiger partial charge in [-0.05, 0) is 25.2 Å². The van der Waals surface area contributed by atoms with Gasteiger partial charge in [0, 0.05) is 0 Å². The Morgan fingerprint density at radius 2 is 1.82 bits per heavy atom. The summed E-state index contributed by atoms with van der Waals surface area (Å²) in [5.41, 5.74) is 1.33. The molecule has 2 atom stereocenters. The summed E-state index contributed by atoms with van der Waals surface area (Å²) >= 11 is 0. The number of allylic oxidation sites excluding steroid dienone is 1. The van der Waals surface area contributed by atoms with Crippen LogP contribution in [0.25, 0.3) is 0 Å². The lowest BCUT2D eigenvalue weighted by Gasteiger charge is -2.13. The monoisotopic (exact) mass is 154 g/mol. The van der Waals surface area contributed by atoms with E-state index in [4.69, 9.17) is 0 Å².